The van der Waals surface area contributed by atoms with Gasteiger partial charge in [0.1, 0.15) is 11.3 Å². The number of hydrogen-bond donors (Lipinski definition) is 3. The number of rotatable bonds is 4. The minimum atomic E-state index is -0.715. The highest BCUT2D eigenvalue weighted by Gasteiger charge is 2.32. The van der Waals surface area contributed by atoms with Gasteiger partial charge < -0.3 is 10.4 Å². The van der Waals surface area contributed by atoms with E-state index in [1.165, 1.54) is 6.07 Å². The van der Waals surface area contributed by atoms with E-state index in [0.29, 0.717) is 23.0 Å². The average Bonchev–Trinajstić information content (AvgIpc) is 2.85. The predicted molar refractivity (Wildman–Crippen MR) is 82.5 cm³/mol. The zero-order valence-corrected chi connectivity index (χ0v) is 13.3. The van der Waals surface area contributed by atoms with Crippen LogP contribution in [0.1, 0.15) is 46.3 Å². The summed E-state index contributed by atoms with van der Waals surface area (Å²) in [5.41, 5.74) is 0.934. The van der Waals surface area contributed by atoms with Crippen molar-refractivity contribution < 1.29 is 9.50 Å². The highest BCUT2D eigenvalue weighted by Crippen LogP contribution is 2.30. The SMILES string of the molecule is CC(C)(C)C(C)(C)NC[C@H](O)c1ccc(F)c2[nH]ncc12. The molecule has 0 aliphatic rings. The highest BCUT2D eigenvalue weighted by atomic mass is 19.1. The Bertz CT molecular complexity index is 628. The van der Waals surface area contributed by atoms with Gasteiger partial charge in [-0.1, -0.05) is 26.8 Å². The Morgan fingerprint density at radius 2 is 1.95 bits per heavy atom. The van der Waals surface area contributed by atoms with Crippen molar-refractivity contribution in [2.75, 3.05) is 6.54 Å². The Labute approximate surface area is 124 Å². The van der Waals surface area contributed by atoms with Crippen molar-refractivity contribution in [3.63, 3.8) is 0 Å². The minimum Gasteiger partial charge on any atom is -0.387 e. The van der Waals surface area contributed by atoms with Crippen molar-refractivity contribution in [2.45, 2.75) is 46.3 Å². The summed E-state index contributed by atoms with van der Waals surface area (Å²) in [7, 11) is 0. The number of benzene rings is 1. The van der Waals surface area contributed by atoms with Gasteiger partial charge in [-0.15, -0.1) is 0 Å². The fourth-order valence-corrected chi connectivity index (χ4v) is 2.04. The van der Waals surface area contributed by atoms with Gasteiger partial charge in [0.05, 0.1) is 12.3 Å². The van der Waals surface area contributed by atoms with Gasteiger partial charge in [0, 0.05) is 17.5 Å². The van der Waals surface area contributed by atoms with Gasteiger partial charge >= 0.3 is 0 Å². The van der Waals surface area contributed by atoms with Crippen molar-refractivity contribution in [2.24, 2.45) is 5.41 Å². The van der Waals surface area contributed by atoms with Crippen LogP contribution in [0, 0.1) is 11.2 Å². The first kappa shape index (κ1) is 15.9. The van der Waals surface area contributed by atoms with Gasteiger partial charge in [-0.3, -0.25) is 5.10 Å². The van der Waals surface area contributed by atoms with Crippen LogP contribution in [0.5, 0.6) is 0 Å². The Morgan fingerprint density at radius 3 is 2.57 bits per heavy atom. The minimum absolute atomic E-state index is 0.0560. The molecule has 1 aromatic heterocycles. The van der Waals surface area contributed by atoms with Crippen LogP contribution in [0.3, 0.4) is 0 Å². The molecule has 0 bridgehead atoms. The normalized spacial score (nSPS) is 14.6. The van der Waals surface area contributed by atoms with Gasteiger partial charge in [0.25, 0.3) is 0 Å². The zero-order valence-electron chi connectivity index (χ0n) is 13.3. The molecule has 1 heterocycles. The predicted octanol–water partition coefficient (Wildman–Crippen LogP) is 3.15. The maximum atomic E-state index is 13.6. The summed E-state index contributed by atoms with van der Waals surface area (Å²) in [5, 5.41) is 20.9. The van der Waals surface area contributed by atoms with E-state index in [0.717, 1.165) is 0 Å². The maximum absolute atomic E-state index is 13.6. The van der Waals surface area contributed by atoms with Crippen molar-refractivity contribution in [1.82, 2.24) is 15.5 Å². The molecule has 3 N–H and O–H groups in total. The lowest BCUT2D eigenvalue weighted by molar-refractivity contribution is 0.123. The van der Waals surface area contributed by atoms with E-state index < -0.39 is 6.10 Å². The molecule has 0 saturated heterocycles. The lowest BCUT2D eigenvalue weighted by atomic mass is 9.76. The van der Waals surface area contributed by atoms with E-state index in [-0.39, 0.29) is 16.8 Å². The molecule has 5 heteroatoms. The molecule has 0 fully saturated rings. The second-order valence-electron chi connectivity index (χ2n) is 7.07. The van der Waals surface area contributed by atoms with Gasteiger partial charge in [-0.2, -0.15) is 5.10 Å². The fraction of sp³-hybridized carbons (Fsp3) is 0.562. The monoisotopic (exact) mass is 293 g/mol. The molecule has 0 amide bonds. The first-order valence-corrected chi connectivity index (χ1v) is 7.18. The third-order valence-corrected chi connectivity index (χ3v) is 4.57. The largest absolute Gasteiger partial charge is 0.387 e. The number of aromatic amines is 1. The summed E-state index contributed by atoms with van der Waals surface area (Å²) in [6, 6.07) is 2.97. The fourth-order valence-electron chi connectivity index (χ4n) is 2.04. The molecule has 0 saturated carbocycles. The molecule has 1 aromatic carbocycles. The number of β-amino-alcohol motifs (C(OH)–C–C–N with tert-alkyl or cyclic N) is 1. The highest BCUT2D eigenvalue weighted by molar-refractivity contribution is 5.82. The van der Waals surface area contributed by atoms with Crippen molar-refractivity contribution >= 4 is 10.9 Å². The number of aromatic nitrogens is 2. The molecule has 0 aliphatic heterocycles. The third-order valence-electron chi connectivity index (χ3n) is 4.57. The quantitative estimate of drug-likeness (QED) is 0.811. The van der Waals surface area contributed by atoms with Crippen LogP contribution >= 0.6 is 0 Å². The molecular weight excluding hydrogens is 269 g/mol. The second-order valence-corrected chi connectivity index (χ2v) is 7.07. The smallest absolute Gasteiger partial charge is 0.148 e. The molecule has 0 spiro atoms. The molecule has 0 unspecified atom stereocenters. The van der Waals surface area contributed by atoms with Crippen LogP contribution in [-0.4, -0.2) is 27.4 Å². The van der Waals surface area contributed by atoms with E-state index in [1.54, 1.807) is 12.3 Å². The van der Waals surface area contributed by atoms with Crippen LogP contribution in [0.2, 0.25) is 0 Å². The number of halogens is 1. The summed E-state index contributed by atoms with van der Waals surface area (Å²) in [4.78, 5) is 0. The molecular formula is C16H24FN3O. The number of hydrogen-bond acceptors (Lipinski definition) is 3. The van der Waals surface area contributed by atoms with Gasteiger partial charge in [0.15, 0.2) is 0 Å². The molecule has 2 aromatic rings. The topological polar surface area (TPSA) is 60.9 Å². The Morgan fingerprint density at radius 1 is 1.29 bits per heavy atom. The maximum Gasteiger partial charge on any atom is 0.148 e. The van der Waals surface area contributed by atoms with Crippen LogP contribution in [0.25, 0.3) is 10.9 Å². The molecule has 116 valence electrons. The number of aliphatic hydroxyl groups is 1. The number of H-pyrrole nitrogens is 1. The summed E-state index contributed by atoms with van der Waals surface area (Å²) in [6.45, 7) is 11.1. The number of nitrogens with one attached hydrogen (secondary N) is 2. The summed E-state index contributed by atoms with van der Waals surface area (Å²) >= 11 is 0. The van der Waals surface area contributed by atoms with Crippen LogP contribution in [0.4, 0.5) is 4.39 Å². The van der Waals surface area contributed by atoms with Crippen molar-refractivity contribution in [1.29, 1.82) is 0 Å². The molecule has 4 nitrogen and oxygen atoms in total. The van der Waals surface area contributed by atoms with E-state index >= 15 is 0 Å². The number of aliphatic hydroxyl groups excluding tert-OH is 1. The molecule has 2 rings (SSSR count). The van der Waals surface area contributed by atoms with Crippen LogP contribution in [-0.2, 0) is 0 Å². The second kappa shape index (κ2) is 5.39. The average molecular weight is 293 g/mol. The van der Waals surface area contributed by atoms with E-state index in [1.807, 2.05) is 0 Å². The lowest BCUT2D eigenvalue weighted by Gasteiger charge is -2.40. The number of nitrogens with zero attached hydrogens (tertiary/aromatic N) is 1. The Hall–Kier alpha value is -1.46. The van der Waals surface area contributed by atoms with Crippen LogP contribution in [0.15, 0.2) is 18.3 Å². The van der Waals surface area contributed by atoms with Crippen LogP contribution < -0.4 is 5.32 Å². The third kappa shape index (κ3) is 3.09. The molecule has 1 atom stereocenters. The Balaban J connectivity index is 2.19. The molecule has 0 radical (unpaired) electrons. The van der Waals surface area contributed by atoms with Gasteiger partial charge in [-0.25, -0.2) is 4.39 Å². The summed E-state index contributed by atoms with van der Waals surface area (Å²) in [6.07, 6.45) is 0.832. The first-order valence-electron chi connectivity index (χ1n) is 7.18. The first-order chi connectivity index (χ1) is 9.63. The van der Waals surface area contributed by atoms with Crippen molar-refractivity contribution in [3.05, 3.63) is 29.7 Å². The van der Waals surface area contributed by atoms with E-state index in [4.69, 9.17) is 0 Å². The zero-order chi connectivity index (χ0) is 15.8. The lowest BCUT2D eigenvalue weighted by Crippen LogP contribution is -2.51. The standard InChI is InChI=1S/C16H24FN3O/c1-15(2,3)16(4,5)18-9-13(21)10-6-7-12(17)14-11(10)8-19-20-14/h6-8,13,18,21H,9H2,1-5H3,(H,19,20)/t13-/m0/s1. The summed E-state index contributed by atoms with van der Waals surface area (Å²) < 4.78 is 13.6. The van der Waals surface area contributed by atoms with E-state index in [9.17, 15) is 9.50 Å². The molecule has 21 heavy (non-hydrogen) atoms. The van der Waals surface area contributed by atoms with E-state index in [2.05, 4.69) is 50.1 Å². The van der Waals surface area contributed by atoms with Gasteiger partial charge in [0.2, 0.25) is 0 Å². The number of fused-ring (bicyclic) bond motifs is 1. The Kier molecular flexibility index (Phi) is 4.08. The molecule has 0 aliphatic carbocycles. The van der Waals surface area contributed by atoms with Gasteiger partial charge in [-0.05, 0) is 30.9 Å². The summed E-state index contributed by atoms with van der Waals surface area (Å²) in [5.74, 6) is -0.360. The van der Waals surface area contributed by atoms with Crippen molar-refractivity contribution in [3.8, 4) is 0 Å².